The van der Waals surface area contributed by atoms with Crippen molar-refractivity contribution in [2.75, 3.05) is 12.4 Å². The van der Waals surface area contributed by atoms with Crippen LogP contribution in [0.15, 0.2) is 18.2 Å². The van der Waals surface area contributed by atoms with E-state index in [1.807, 2.05) is 13.8 Å². The molecule has 4 atom stereocenters. The number of ether oxygens (including phenoxy) is 2. The van der Waals surface area contributed by atoms with Gasteiger partial charge in [0, 0.05) is 5.92 Å². The third-order valence-electron chi connectivity index (χ3n) is 6.30. The van der Waals surface area contributed by atoms with Gasteiger partial charge in [0.05, 0.1) is 21.4 Å². The fourth-order valence-corrected chi connectivity index (χ4v) is 4.97. The molecule has 0 aliphatic heterocycles. The first-order valence-electron chi connectivity index (χ1n) is 9.70. The maximum absolute atomic E-state index is 14.4. The topological polar surface area (TPSA) is 92.7 Å². The minimum Gasteiger partial charge on any atom is -0.748 e. The average Bonchev–Trinajstić information content (AvgIpc) is 3.26. The van der Waals surface area contributed by atoms with E-state index >= 15 is 0 Å². The zero-order chi connectivity index (χ0) is 20.5. The van der Waals surface area contributed by atoms with Gasteiger partial charge in [0.1, 0.15) is 12.2 Å². The Morgan fingerprint density at radius 3 is 2.64 bits per heavy atom. The molecule has 6 nitrogen and oxygen atoms in total. The van der Waals surface area contributed by atoms with Crippen LogP contribution in [0.1, 0.15) is 56.3 Å². The number of fused-ring (bicyclic) bond motifs is 2. The summed E-state index contributed by atoms with van der Waals surface area (Å²) in [6.45, 7) is 3.48. The van der Waals surface area contributed by atoms with Gasteiger partial charge in [-0.15, -0.1) is 0 Å². The second-order valence-electron chi connectivity index (χ2n) is 8.09. The van der Waals surface area contributed by atoms with Crippen LogP contribution in [0.2, 0.25) is 0 Å². The smallest absolute Gasteiger partial charge is 0.338 e. The van der Waals surface area contributed by atoms with Crippen molar-refractivity contribution < 1.29 is 31.6 Å². The molecule has 156 valence electrons. The predicted octanol–water partition coefficient (Wildman–Crippen LogP) is 3.51. The normalized spacial score (nSPS) is 26.1. The molecular weight excluding hydrogens is 387 g/mol. The summed E-state index contributed by atoms with van der Waals surface area (Å²) in [6, 6.07) is 3.66. The van der Waals surface area contributed by atoms with Crippen LogP contribution in [0.25, 0.3) is 0 Å². The van der Waals surface area contributed by atoms with Crippen LogP contribution in [0.5, 0.6) is 5.75 Å². The summed E-state index contributed by atoms with van der Waals surface area (Å²) >= 11 is 0. The molecule has 0 amide bonds. The number of rotatable bonds is 8. The van der Waals surface area contributed by atoms with Gasteiger partial charge in [0.15, 0.2) is 11.6 Å². The molecule has 2 saturated carbocycles. The maximum atomic E-state index is 14.4. The Balaban J connectivity index is 1.72. The molecule has 0 N–H and O–H groups in total. The Morgan fingerprint density at radius 2 is 2.07 bits per heavy atom. The Labute approximate surface area is 165 Å². The van der Waals surface area contributed by atoms with E-state index in [1.54, 1.807) is 0 Å². The van der Waals surface area contributed by atoms with Crippen molar-refractivity contribution in [3.63, 3.8) is 0 Å². The van der Waals surface area contributed by atoms with E-state index in [2.05, 4.69) is 0 Å². The largest absolute Gasteiger partial charge is 0.748 e. The predicted molar refractivity (Wildman–Crippen MR) is 99.5 cm³/mol. The molecule has 1 aromatic rings. The van der Waals surface area contributed by atoms with E-state index < -0.39 is 39.9 Å². The van der Waals surface area contributed by atoms with Gasteiger partial charge >= 0.3 is 5.97 Å². The summed E-state index contributed by atoms with van der Waals surface area (Å²) in [5.41, 5.74) is -0.481. The summed E-state index contributed by atoms with van der Waals surface area (Å²) in [5, 5.41) is 0. The lowest BCUT2D eigenvalue weighted by Crippen LogP contribution is -2.43. The highest BCUT2D eigenvalue weighted by molar-refractivity contribution is 7.85. The van der Waals surface area contributed by atoms with Crippen molar-refractivity contribution in [1.82, 2.24) is 0 Å². The van der Waals surface area contributed by atoms with Gasteiger partial charge in [-0.1, -0.05) is 13.3 Å². The maximum Gasteiger partial charge on any atom is 0.338 e. The highest BCUT2D eigenvalue weighted by Gasteiger charge is 2.49. The van der Waals surface area contributed by atoms with Crippen molar-refractivity contribution in [1.29, 1.82) is 0 Å². The van der Waals surface area contributed by atoms with Gasteiger partial charge in [0.2, 0.25) is 0 Å². The van der Waals surface area contributed by atoms with Crippen molar-refractivity contribution in [2.24, 2.45) is 17.8 Å². The fraction of sp³-hybridized carbons (Fsp3) is 0.650. The molecule has 28 heavy (non-hydrogen) atoms. The number of hydrogen-bond donors (Lipinski definition) is 0. The van der Waals surface area contributed by atoms with Crippen molar-refractivity contribution >= 4 is 16.1 Å². The standard InChI is InChI=1S/C20H27FO6S/c1-3-20(2,16-11-13-4-5-14(16)10-13)27-18-12-15(6-7-17(18)21)19(22)26-8-9-28(23,24)25/h6-7,12-14,16H,3-5,8-11H2,1-2H3,(H,23,24,25)/p-1. The molecule has 3 rings (SSSR count). The number of carbonyl (C=O) groups excluding carboxylic acids is 1. The lowest BCUT2D eigenvalue weighted by Gasteiger charge is -2.40. The molecule has 8 heteroatoms. The number of esters is 1. The number of hydrogen-bond acceptors (Lipinski definition) is 6. The zero-order valence-electron chi connectivity index (χ0n) is 16.1. The van der Waals surface area contributed by atoms with Gasteiger partial charge in [-0.25, -0.2) is 17.6 Å². The lowest BCUT2D eigenvalue weighted by atomic mass is 9.75. The molecular formula is C20H26FO6S-. The van der Waals surface area contributed by atoms with E-state index in [9.17, 15) is 22.2 Å². The second-order valence-corrected chi connectivity index (χ2v) is 9.62. The summed E-state index contributed by atoms with van der Waals surface area (Å²) in [7, 11) is -4.47. The number of benzene rings is 1. The number of carbonyl (C=O) groups is 1. The molecule has 0 saturated heterocycles. The van der Waals surface area contributed by atoms with Crippen LogP contribution in [0, 0.1) is 23.6 Å². The lowest BCUT2D eigenvalue weighted by molar-refractivity contribution is -0.00670. The van der Waals surface area contributed by atoms with Gasteiger partial charge in [-0.2, -0.15) is 0 Å². The minimum absolute atomic E-state index is 0.0157. The van der Waals surface area contributed by atoms with Crippen LogP contribution < -0.4 is 4.74 Å². The Bertz CT molecular complexity index is 839. The number of halogens is 1. The van der Waals surface area contributed by atoms with E-state index in [0.717, 1.165) is 24.8 Å². The summed E-state index contributed by atoms with van der Waals surface area (Å²) in [5.74, 6) is -0.533. The van der Waals surface area contributed by atoms with E-state index in [0.29, 0.717) is 11.8 Å². The summed E-state index contributed by atoms with van der Waals surface area (Å²) in [6.07, 6.45) is 5.46. The van der Waals surface area contributed by atoms with E-state index in [1.165, 1.54) is 31.4 Å². The molecule has 0 radical (unpaired) electrons. The van der Waals surface area contributed by atoms with Crippen LogP contribution >= 0.6 is 0 Å². The third-order valence-corrected chi connectivity index (χ3v) is 6.97. The quantitative estimate of drug-likeness (QED) is 0.478. The van der Waals surface area contributed by atoms with Crippen LogP contribution in [-0.2, 0) is 14.9 Å². The third kappa shape index (κ3) is 4.66. The van der Waals surface area contributed by atoms with Crippen molar-refractivity contribution in [3.8, 4) is 5.75 Å². The Hall–Kier alpha value is -1.67. The second kappa shape index (κ2) is 7.99. The SMILES string of the molecule is CCC(C)(Oc1cc(C(=O)OCCS(=O)(=O)[O-])ccc1F)C1CC2CCC1C2. The fourth-order valence-electron chi connectivity index (χ4n) is 4.68. The van der Waals surface area contributed by atoms with Crippen molar-refractivity contribution in [2.45, 2.75) is 51.6 Å². The molecule has 1 aromatic carbocycles. The molecule has 2 fully saturated rings. The summed E-state index contributed by atoms with van der Waals surface area (Å²) < 4.78 is 57.1. The molecule has 2 aliphatic carbocycles. The Morgan fingerprint density at radius 1 is 1.32 bits per heavy atom. The first-order chi connectivity index (χ1) is 13.1. The van der Waals surface area contributed by atoms with Gasteiger partial charge < -0.3 is 14.0 Å². The minimum atomic E-state index is -4.47. The highest BCUT2D eigenvalue weighted by atomic mass is 32.2. The van der Waals surface area contributed by atoms with E-state index in [-0.39, 0.29) is 11.3 Å². The monoisotopic (exact) mass is 413 g/mol. The van der Waals surface area contributed by atoms with Gasteiger partial charge in [-0.05, 0) is 62.6 Å². The first kappa shape index (κ1) is 21.0. The van der Waals surface area contributed by atoms with Crippen LogP contribution in [0.4, 0.5) is 4.39 Å². The highest BCUT2D eigenvalue weighted by Crippen LogP contribution is 2.53. The van der Waals surface area contributed by atoms with Crippen LogP contribution in [-0.4, -0.2) is 36.9 Å². The van der Waals surface area contributed by atoms with Crippen molar-refractivity contribution in [3.05, 3.63) is 29.6 Å². The zero-order valence-corrected chi connectivity index (χ0v) is 17.0. The van der Waals surface area contributed by atoms with Gasteiger partial charge in [0.25, 0.3) is 0 Å². The molecule has 2 bridgehead atoms. The van der Waals surface area contributed by atoms with E-state index in [4.69, 9.17) is 9.47 Å². The Kier molecular flexibility index (Phi) is 6.00. The van der Waals surface area contributed by atoms with Crippen LogP contribution in [0.3, 0.4) is 0 Å². The molecule has 0 heterocycles. The summed E-state index contributed by atoms with van der Waals surface area (Å²) in [4.78, 5) is 12.1. The molecule has 4 unspecified atom stereocenters. The molecule has 0 aromatic heterocycles. The average molecular weight is 413 g/mol. The first-order valence-corrected chi connectivity index (χ1v) is 11.3. The molecule has 2 aliphatic rings. The molecule has 0 spiro atoms. The van der Waals surface area contributed by atoms with Gasteiger partial charge in [-0.3, -0.25) is 0 Å².